The van der Waals surface area contributed by atoms with E-state index in [1.165, 1.54) is 4.90 Å². The summed E-state index contributed by atoms with van der Waals surface area (Å²) < 4.78 is 26.7. The first-order valence-corrected chi connectivity index (χ1v) is 14.0. The Morgan fingerprint density at radius 1 is 1.03 bits per heavy atom. The number of rotatable bonds is 11. The van der Waals surface area contributed by atoms with Gasteiger partial charge in [-0.05, 0) is 68.5 Å². The molecule has 2 amide bonds. The van der Waals surface area contributed by atoms with Crippen LogP contribution in [0.25, 0.3) is 0 Å². The van der Waals surface area contributed by atoms with Crippen molar-refractivity contribution in [3.63, 3.8) is 0 Å². The second-order valence-electron chi connectivity index (χ2n) is 8.95. The van der Waals surface area contributed by atoms with Crippen molar-refractivity contribution in [2.75, 3.05) is 17.1 Å². The van der Waals surface area contributed by atoms with Crippen molar-refractivity contribution in [1.82, 2.24) is 10.2 Å². The van der Waals surface area contributed by atoms with Crippen LogP contribution in [0.4, 0.5) is 5.69 Å². The fraction of sp³-hybridized carbons (Fsp3) is 0.462. The molecule has 2 aromatic rings. The molecule has 0 aliphatic heterocycles. The molecule has 0 unspecified atom stereocenters. The molecule has 1 N–H and O–H groups in total. The van der Waals surface area contributed by atoms with Gasteiger partial charge in [0.1, 0.15) is 12.6 Å². The Kier molecular flexibility index (Phi) is 10.2. The van der Waals surface area contributed by atoms with E-state index in [0.29, 0.717) is 17.1 Å². The number of sulfonamides is 1. The van der Waals surface area contributed by atoms with Gasteiger partial charge in [0.05, 0.1) is 11.9 Å². The predicted octanol–water partition coefficient (Wildman–Crippen LogP) is 4.44. The largest absolute Gasteiger partial charge is 0.352 e. The van der Waals surface area contributed by atoms with E-state index in [-0.39, 0.29) is 18.5 Å². The number of halogens is 1. The lowest BCUT2D eigenvalue weighted by Crippen LogP contribution is -2.53. The molecule has 2 atom stereocenters. The van der Waals surface area contributed by atoms with E-state index in [4.69, 9.17) is 11.6 Å². The van der Waals surface area contributed by atoms with Crippen LogP contribution in [0.5, 0.6) is 0 Å². The minimum Gasteiger partial charge on any atom is -0.352 e. The lowest BCUT2D eigenvalue weighted by molar-refractivity contribution is -0.140. The van der Waals surface area contributed by atoms with E-state index in [1.807, 2.05) is 39.8 Å². The number of carbonyl (C=O) groups is 2. The molecule has 0 radical (unpaired) electrons. The summed E-state index contributed by atoms with van der Waals surface area (Å²) in [5.74, 6) is -0.723. The predicted molar refractivity (Wildman–Crippen MR) is 142 cm³/mol. The SMILES string of the molecule is CC[C@H](C(=O)N[C@@H](C)CC)N(Cc1ccc(Cl)cc1)C(=O)CN(c1cc(C)ccc1C)S(C)(=O)=O. The minimum absolute atomic E-state index is 0.0495. The van der Waals surface area contributed by atoms with Crippen LogP contribution in [0, 0.1) is 13.8 Å². The number of hydrogen-bond acceptors (Lipinski definition) is 4. The van der Waals surface area contributed by atoms with Crippen molar-refractivity contribution in [3.05, 3.63) is 64.2 Å². The average molecular weight is 522 g/mol. The zero-order valence-electron chi connectivity index (χ0n) is 21.3. The second kappa shape index (κ2) is 12.4. The van der Waals surface area contributed by atoms with Crippen LogP contribution >= 0.6 is 11.6 Å². The molecule has 0 saturated heterocycles. The number of nitrogens with zero attached hydrogens (tertiary/aromatic N) is 2. The van der Waals surface area contributed by atoms with Crippen LogP contribution < -0.4 is 9.62 Å². The first-order chi connectivity index (χ1) is 16.4. The zero-order chi connectivity index (χ0) is 26.3. The lowest BCUT2D eigenvalue weighted by Gasteiger charge is -2.33. The smallest absolute Gasteiger partial charge is 0.244 e. The quantitative estimate of drug-likeness (QED) is 0.473. The van der Waals surface area contributed by atoms with Crippen LogP contribution in [0.1, 0.15) is 50.3 Å². The molecule has 0 bridgehead atoms. The molecule has 0 aliphatic rings. The monoisotopic (exact) mass is 521 g/mol. The number of anilines is 1. The Labute approximate surface area is 214 Å². The van der Waals surface area contributed by atoms with Crippen LogP contribution in [-0.2, 0) is 26.2 Å². The highest BCUT2D eigenvalue weighted by Crippen LogP contribution is 2.25. The van der Waals surface area contributed by atoms with Crippen molar-refractivity contribution in [1.29, 1.82) is 0 Å². The van der Waals surface area contributed by atoms with Crippen LogP contribution in [0.2, 0.25) is 5.02 Å². The zero-order valence-corrected chi connectivity index (χ0v) is 22.9. The summed E-state index contributed by atoms with van der Waals surface area (Å²) >= 11 is 6.02. The van der Waals surface area contributed by atoms with E-state index in [0.717, 1.165) is 33.7 Å². The molecule has 2 aromatic carbocycles. The molecule has 0 aromatic heterocycles. The van der Waals surface area contributed by atoms with Crippen molar-refractivity contribution >= 4 is 39.1 Å². The van der Waals surface area contributed by atoms with Gasteiger partial charge in [-0.1, -0.05) is 49.7 Å². The van der Waals surface area contributed by atoms with Gasteiger partial charge in [0, 0.05) is 17.6 Å². The van der Waals surface area contributed by atoms with Gasteiger partial charge in [0.15, 0.2) is 0 Å². The third kappa shape index (κ3) is 7.97. The van der Waals surface area contributed by atoms with E-state index in [9.17, 15) is 18.0 Å². The third-order valence-electron chi connectivity index (χ3n) is 5.97. The van der Waals surface area contributed by atoms with Crippen LogP contribution in [-0.4, -0.2) is 50.0 Å². The fourth-order valence-corrected chi connectivity index (χ4v) is 4.75. The molecular formula is C26H36ClN3O4S. The number of hydrogen-bond donors (Lipinski definition) is 1. The van der Waals surface area contributed by atoms with Crippen molar-refractivity contribution in [2.24, 2.45) is 0 Å². The van der Waals surface area contributed by atoms with Gasteiger partial charge in [-0.3, -0.25) is 13.9 Å². The maximum absolute atomic E-state index is 13.7. The molecule has 0 spiro atoms. The molecule has 0 fully saturated rings. The summed E-state index contributed by atoms with van der Waals surface area (Å²) in [7, 11) is -3.77. The van der Waals surface area contributed by atoms with Gasteiger partial charge in [-0.25, -0.2) is 8.42 Å². The number of amides is 2. The minimum atomic E-state index is -3.77. The van der Waals surface area contributed by atoms with Crippen molar-refractivity contribution in [2.45, 2.75) is 66.1 Å². The number of carbonyl (C=O) groups excluding carboxylic acids is 2. The Balaban J connectivity index is 2.47. The molecule has 35 heavy (non-hydrogen) atoms. The van der Waals surface area contributed by atoms with E-state index in [1.54, 1.807) is 37.3 Å². The first kappa shape index (κ1) is 28.7. The number of benzene rings is 2. The molecule has 2 rings (SSSR count). The van der Waals surface area contributed by atoms with Gasteiger partial charge < -0.3 is 10.2 Å². The summed E-state index contributed by atoms with van der Waals surface area (Å²) in [6.45, 7) is 9.11. The molecule has 0 aliphatic carbocycles. The highest BCUT2D eigenvalue weighted by atomic mass is 35.5. The van der Waals surface area contributed by atoms with E-state index >= 15 is 0 Å². The van der Waals surface area contributed by atoms with Gasteiger partial charge in [-0.2, -0.15) is 0 Å². The summed E-state index contributed by atoms with van der Waals surface area (Å²) in [5, 5.41) is 3.52. The lowest BCUT2D eigenvalue weighted by atomic mass is 10.1. The summed E-state index contributed by atoms with van der Waals surface area (Å²) in [4.78, 5) is 28.3. The summed E-state index contributed by atoms with van der Waals surface area (Å²) in [6, 6.07) is 11.7. The highest BCUT2D eigenvalue weighted by Gasteiger charge is 2.32. The Bertz CT molecular complexity index is 1140. The Morgan fingerprint density at radius 2 is 1.66 bits per heavy atom. The van der Waals surface area contributed by atoms with E-state index in [2.05, 4.69) is 5.32 Å². The highest BCUT2D eigenvalue weighted by molar-refractivity contribution is 7.92. The van der Waals surface area contributed by atoms with Crippen LogP contribution in [0.15, 0.2) is 42.5 Å². The first-order valence-electron chi connectivity index (χ1n) is 11.8. The standard InChI is InChI=1S/C26H36ClN3O4S/c1-7-20(5)28-26(32)23(8-2)29(16-21-11-13-22(27)14-12-21)25(31)17-30(35(6,33)34)24-15-18(3)9-10-19(24)4/h9-15,20,23H,7-8,16-17H2,1-6H3,(H,28,32)/t20-,23+/m0/s1. The summed E-state index contributed by atoms with van der Waals surface area (Å²) in [5.41, 5.74) is 2.85. The van der Waals surface area contributed by atoms with Gasteiger partial charge in [0.25, 0.3) is 0 Å². The third-order valence-corrected chi connectivity index (χ3v) is 7.34. The van der Waals surface area contributed by atoms with E-state index < -0.39 is 28.5 Å². The second-order valence-corrected chi connectivity index (χ2v) is 11.3. The van der Waals surface area contributed by atoms with Gasteiger partial charge in [0.2, 0.25) is 21.8 Å². The molecule has 0 heterocycles. The Morgan fingerprint density at radius 3 is 2.20 bits per heavy atom. The average Bonchev–Trinajstić information content (AvgIpc) is 2.79. The molecule has 0 saturated carbocycles. The Hall–Kier alpha value is -2.58. The number of aryl methyl sites for hydroxylation is 2. The molecule has 9 heteroatoms. The van der Waals surface area contributed by atoms with Gasteiger partial charge in [-0.15, -0.1) is 0 Å². The maximum Gasteiger partial charge on any atom is 0.244 e. The van der Waals surface area contributed by atoms with Crippen LogP contribution in [0.3, 0.4) is 0 Å². The topological polar surface area (TPSA) is 86.8 Å². The van der Waals surface area contributed by atoms with Crippen molar-refractivity contribution in [3.8, 4) is 0 Å². The molecule has 7 nitrogen and oxygen atoms in total. The molecular weight excluding hydrogens is 486 g/mol. The van der Waals surface area contributed by atoms with Crippen molar-refractivity contribution < 1.29 is 18.0 Å². The molecule has 192 valence electrons. The fourth-order valence-electron chi connectivity index (χ4n) is 3.73. The van der Waals surface area contributed by atoms with Gasteiger partial charge >= 0.3 is 0 Å². The summed E-state index contributed by atoms with van der Waals surface area (Å²) in [6.07, 6.45) is 2.21. The maximum atomic E-state index is 13.7. The normalized spacial score (nSPS) is 13.1. The number of nitrogens with one attached hydrogen (secondary N) is 1.